The standard InChI is InChI=1S/C30H27NO4/c1-34-30(33)27(31-29(23-14-7-3-8-15-23)24-16-9-4-10-17-24)20-25(22-12-5-2-6-13-22)26(21-32)28-18-11-19-35-28/h2-19,27,32H,20-21H2,1H3/b26-25-. The third kappa shape index (κ3) is 5.83. The number of ether oxygens (including phenoxy) is 1. The normalized spacial score (nSPS) is 12.4. The number of rotatable bonds is 9. The van der Waals surface area contributed by atoms with Gasteiger partial charge >= 0.3 is 5.97 Å². The minimum absolute atomic E-state index is 0.219. The second kappa shape index (κ2) is 11.8. The van der Waals surface area contributed by atoms with Crippen LogP contribution in [0.3, 0.4) is 0 Å². The van der Waals surface area contributed by atoms with E-state index >= 15 is 0 Å². The van der Waals surface area contributed by atoms with E-state index in [-0.39, 0.29) is 13.0 Å². The Kier molecular flexibility index (Phi) is 8.04. The summed E-state index contributed by atoms with van der Waals surface area (Å²) in [7, 11) is 1.36. The largest absolute Gasteiger partial charge is 0.467 e. The number of nitrogens with zero attached hydrogens (tertiary/aromatic N) is 1. The van der Waals surface area contributed by atoms with Crippen LogP contribution in [-0.4, -0.2) is 36.5 Å². The summed E-state index contributed by atoms with van der Waals surface area (Å²) in [6.07, 6.45) is 1.78. The zero-order valence-electron chi connectivity index (χ0n) is 19.5. The van der Waals surface area contributed by atoms with Crippen LogP contribution in [0, 0.1) is 0 Å². The van der Waals surface area contributed by atoms with Crippen LogP contribution in [0.5, 0.6) is 0 Å². The average Bonchev–Trinajstić information content (AvgIpc) is 3.46. The van der Waals surface area contributed by atoms with Crippen molar-refractivity contribution in [2.45, 2.75) is 12.5 Å². The van der Waals surface area contributed by atoms with E-state index in [2.05, 4.69) is 0 Å². The number of esters is 1. The Labute approximate surface area is 205 Å². The molecule has 4 aromatic rings. The van der Waals surface area contributed by atoms with Crippen LogP contribution in [0.4, 0.5) is 0 Å². The number of aliphatic hydroxyl groups is 1. The summed E-state index contributed by atoms with van der Waals surface area (Å²) in [6.45, 7) is -0.250. The van der Waals surface area contributed by atoms with E-state index < -0.39 is 12.0 Å². The molecule has 0 aliphatic rings. The third-order valence-electron chi connectivity index (χ3n) is 5.71. The minimum Gasteiger partial charge on any atom is -0.467 e. The molecule has 1 heterocycles. The molecule has 0 spiro atoms. The van der Waals surface area contributed by atoms with Crippen LogP contribution < -0.4 is 0 Å². The number of furan rings is 1. The molecular weight excluding hydrogens is 438 g/mol. The summed E-state index contributed by atoms with van der Waals surface area (Å²) >= 11 is 0. The SMILES string of the molecule is COC(=O)C(C/C(=C(\CO)c1ccco1)c1ccccc1)N=C(c1ccccc1)c1ccccc1. The van der Waals surface area contributed by atoms with Crippen molar-refractivity contribution in [2.24, 2.45) is 4.99 Å². The maximum absolute atomic E-state index is 13.0. The van der Waals surface area contributed by atoms with Crippen molar-refractivity contribution in [3.63, 3.8) is 0 Å². The second-order valence-electron chi connectivity index (χ2n) is 7.91. The number of hydrogen-bond acceptors (Lipinski definition) is 5. The molecule has 5 nitrogen and oxygen atoms in total. The predicted molar refractivity (Wildman–Crippen MR) is 138 cm³/mol. The third-order valence-corrected chi connectivity index (χ3v) is 5.71. The number of aliphatic hydroxyl groups excluding tert-OH is 1. The molecule has 5 heteroatoms. The molecule has 0 amide bonds. The molecule has 0 bridgehead atoms. The molecule has 35 heavy (non-hydrogen) atoms. The summed E-state index contributed by atoms with van der Waals surface area (Å²) in [6, 6.07) is 31.9. The number of carbonyl (C=O) groups is 1. The van der Waals surface area contributed by atoms with Crippen LogP contribution >= 0.6 is 0 Å². The van der Waals surface area contributed by atoms with Gasteiger partial charge in [0.15, 0.2) is 6.04 Å². The molecule has 0 fully saturated rings. The predicted octanol–water partition coefficient (Wildman–Crippen LogP) is 5.65. The quantitative estimate of drug-likeness (QED) is 0.256. The fourth-order valence-corrected chi connectivity index (χ4v) is 4.00. The van der Waals surface area contributed by atoms with Gasteiger partial charge in [0, 0.05) is 23.1 Å². The lowest BCUT2D eigenvalue weighted by Crippen LogP contribution is -2.23. The first-order chi connectivity index (χ1) is 17.2. The molecule has 1 aromatic heterocycles. The van der Waals surface area contributed by atoms with Gasteiger partial charge in [-0.05, 0) is 23.3 Å². The zero-order valence-corrected chi connectivity index (χ0v) is 19.5. The number of carbonyl (C=O) groups excluding carboxylic acids is 1. The molecule has 1 unspecified atom stereocenters. The Balaban J connectivity index is 1.86. The van der Waals surface area contributed by atoms with Crippen LogP contribution in [0.15, 0.2) is 119 Å². The van der Waals surface area contributed by atoms with Gasteiger partial charge in [0.2, 0.25) is 0 Å². The average molecular weight is 466 g/mol. The van der Waals surface area contributed by atoms with E-state index in [9.17, 15) is 9.90 Å². The smallest absolute Gasteiger partial charge is 0.330 e. The van der Waals surface area contributed by atoms with Crippen molar-refractivity contribution in [2.75, 3.05) is 13.7 Å². The van der Waals surface area contributed by atoms with Crippen molar-refractivity contribution in [1.29, 1.82) is 0 Å². The summed E-state index contributed by atoms with van der Waals surface area (Å²) in [5.41, 5.74) is 4.72. The molecule has 0 saturated carbocycles. The number of aliphatic imine (C=N–C) groups is 1. The Bertz CT molecular complexity index is 1240. The summed E-state index contributed by atoms with van der Waals surface area (Å²) in [5, 5.41) is 10.3. The van der Waals surface area contributed by atoms with Gasteiger partial charge in [0.05, 0.1) is 25.7 Å². The molecule has 1 N–H and O–H groups in total. The van der Waals surface area contributed by atoms with Crippen molar-refractivity contribution in [1.82, 2.24) is 0 Å². The highest BCUT2D eigenvalue weighted by molar-refractivity contribution is 6.13. The van der Waals surface area contributed by atoms with Gasteiger partial charge < -0.3 is 14.3 Å². The summed E-state index contributed by atoms with van der Waals surface area (Å²) in [5.74, 6) is 0.0878. The Morgan fingerprint density at radius 2 is 1.34 bits per heavy atom. The zero-order chi connectivity index (χ0) is 24.5. The van der Waals surface area contributed by atoms with Crippen LogP contribution in [0.25, 0.3) is 11.1 Å². The maximum atomic E-state index is 13.0. The molecule has 0 saturated heterocycles. The fourth-order valence-electron chi connectivity index (χ4n) is 4.00. The van der Waals surface area contributed by atoms with E-state index in [4.69, 9.17) is 14.1 Å². The number of benzene rings is 3. The molecule has 0 radical (unpaired) electrons. The Morgan fingerprint density at radius 1 is 0.800 bits per heavy atom. The van der Waals surface area contributed by atoms with Gasteiger partial charge in [-0.15, -0.1) is 0 Å². The Hall–Kier alpha value is -4.22. The van der Waals surface area contributed by atoms with E-state index in [1.165, 1.54) is 7.11 Å². The number of hydrogen-bond donors (Lipinski definition) is 1. The van der Waals surface area contributed by atoms with Gasteiger partial charge in [-0.3, -0.25) is 4.99 Å². The van der Waals surface area contributed by atoms with Crippen molar-refractivity contribution in [3.8, 4) is 0 Å². The Morgan fingerprint density at radius 3 is 1.80 bits per heavy atom. The minimum atomic E-state index is -0.845. The van der Waals surface area contributed by atoms with E-state index in [0.717, 1.165) is 22.3 Å². The highest BCUT2D eigenvalue weighted by atomic mass is 16.5. The monoisotopic (exact) mass is 465 g/mol. The van der Waals surface area contributed by atoms with E-state index in [0.29, 0.717) is 17.0 Å². The van der Waals surface area contributed by atoms with Crippen LogP contribution in [-0.2, 0) is 9.53 Å². The molecule has 4 rings (SSSR count). The van der Waals surface area contributed by atoms with Gasteiger partial charge in [-0.2, -0.15) is 0 Å². The first-order valence-corrected chi connectivity index (χ1v) is 11.4. The van der Waals surface area contributed by atoms with Crippen LogP contribution in [0.2, 0.25) is 0 Å². The van der Waals surface area contributed by atoms with Gasteiger partial charge in [0.25, 0.3) is 0 Å². The van der Waals surface area contributed by atoms with Gasteiger partial charge in [-0.25, -0.2) is 4.79 Å². The number of methoxy groups -OCH3 is 1. The second-order valence-corrected chi connectivity index (χ2v) is 7.91. The summed E-state index contributed by atoms with van der Waals surface area (Å²) < 4.78 is 10.8. The molecule has 3 aromatic carbocycles. The van der Waals surface area contributed by atoms with Gasteiger partial charge in [-0.1, -0.05) is 91.0 Å². The van der Waals surface area contributed by atoms with Crippen molar-refractivity contribution >= 4 is 22.8 Å². The lowest BCUT2D eigenvalue weighted by molar-refractivity contribution is -0.141. The van der Waals surface area contributed by atoms with Crippen molar-refractivity contribution < 1.29 is 19.1 Å². The first-order valence-electron chi connectivity index (χ1n) is 11.4. The lowest BCUT2D eigenvalue weighted by atomic mass is 9.92. The van der Waals surface area contributed by atoms with E-state index in [1.807, 2.05) is 91.0 Å². The highest BCUT2D eigenvalue weighted by Gasteiger charge is 2.25. The lowest BCUT2D eigenvalue weighted by Gasteiger charge is -2.19. The molecule has 0 aliphatic heterocycles. The fraction of sp³-hybridized carbons (Fsp3) is 0.133. The van der Waals surface area contributed by atoms with Crippen LogP contribution in [0.1, 0.15) is 28.9 Å². The molecule has 176 valence electrons. The highest BCUT2D eigenvalue weighted by Crippen LogP contribution is 2.31. The summed E-state index contributed by atoms with van der Waals surface area (Å²) in [4.78, 5) is 18.0. The van der Waals surface area contributed by atoms with Gasteiger partial charge in [0.1, 0.15) is 5.76 Å². The molecule has 1 atom stereocenters. The molecular formula is C30H27NO4. The molecule has 0 aliphatic carbocycles. The first kappa shape index (κ1) is 23.9. The van der Waals surface area contributed by atoms with E-state index in [1.54, 1.807) is 18.4 Å². The van der Waals surface area contributed by atoms with Crippen molar-refractivity contribution in [3.05, 3.63) is 132 Å². The maximum Gasteiger partial charge on any atom is 0.330 e. The topological polar surface area (TPSA) is 72.0 Å².